The van der Waals surface area contributed by atoms with Crippen LogP contribution in [0.15, 0.2) is 46.0 Å². The van der Waals surface area contributed by atoms with Crippen LogP contribution in [-0.2, 0) is 16.3 Å². The largest absolute Gasteiger partial charge is 0.493 e. The average Bonchev–Trinajstić information content (AvgIpc) is 2.96. The van der Waals surface area contributed by atoms with Gasteiger partial charge < -0.3 is 10.5 Å². The number of hydrogen-bond acceptors (Lipinski definition) is 5. The molecule has 0 bridgehead atoms. The van der Waals surface area contributed by atoms with E-state index in [2.05, 4.69) is 0 Å². The van der Waals surface area contributed by atoms with Gasteiger partial charge >= 0.3 is 0 Å². The molecule has 20 heavy (non-hydrogen) atoms. The number of ether oxygens (including phenoxy) is 1. The number of benzene rings is 1. The van der Waals surface area contributed by atoms with Gasteiger partial charge in [0.25, 0.3) is 0 Å². The van der Waals surface area contributed by atoms with Crippen molar-refractivity contribution in [2.75, 3.05) is 18.9 Å². The Hall–Kier alpha value is -1.37. The molecule has 0 aliphatic rings. The van der Waals surface area contributed by atoms with E-state index in [4.69, 9.17) is 10.5 Å². The van der Waals surface area contributed by atoms with Crippen molar-refractivity contribution in [3.8, 4) is 5.75 Å². The Bertz CT molecular complexity index is 619. The molecule has 2 N–H and O–H groups in total. The molecule has 0 atom stereocenters. The molecular formula is C14H17NO3S2. The first kappa shape index (κ1) is 15.0. The molecule has 0 radical (unpaired) electrons. The lowest BCUT2D eigenvalue weighted by molar-refractivity contribution is 0.341. The maximum absolute atomic E-state index is 11.9. The fourth-order valence-corrected chi connectivity index (χ4v) is 3.97. The lowest BCUT2D eigenvalue weighted by Gasteiger charge is -2.07. The number of sulfone groups is 1. The van der Waals surface area contributed by atoms with Crippen molar-refractivity contribution >= 4 is 21.2 Å². The standard InChI is InChI=1S/C14H17NO3S2/c15-8-7-12-3-5-13(6-4-12)18-9-11-20(16,17)14-2-1-10-19-14/h1-6,10H,7-9,11,15H2. The first-order valence-corrected chi connectivity index (χ1v) is 8.83. The van der Waals surface area contributed by atoms with Gasteiger partial charge in [-0.1, -0.05) is 18.2 Å². The summed E-state index contributed by atoms with van der Waals surface area (Å²) in [4.78, 5) is 0. The maximum atomic E-state index is 11.9. The second-order valence-electron chi connectivity index (χ2n) is 4.28. The van der Waals surface area contributed by atoms with E-state index in [1.807, 2.05) is 24.3 Å². The lowest BCUT2D eigenvalue weighted by atomic mass is 10.1. The zero-order valence-electron chi connectivity index (χ0n) is 11.0. The van der Waals surface area contributed by atoms with E-state index >= 15 is 0 Å². The van der Waals surface area contributed by atoms with Gasteiger partial charge in [0.2, 0.25) is 0 Å². The first-order valence-electron chi connectivity index (χ1n) is 6.30. The fraction of sp³-hybridized carbons (Fsp3) is 0.286. The van der Waals surface area contributed by atoms with E-state index in [1.165, 1.54) is 11.3 Å². The highest BCUT2D eigenvalue weighted by molar-refractivity contribution is 7.93. The predicted molar refractivity (Wildman–Crippen MR) is 81.1 cm³/mol. The Morgan fingerprint density at radius 2 is 1.90 bits per heavy atom. The monoisotopic (exact) mass is 311 g/mol. The normalized spacial score (nSPS) is 11.4. The molecule has 2 rings (SSSR count). The van der Waals surface area contributed by atoms with Gasteiger partial charge in [0, 0.05) is 0 Å². The highest BCUT2D eigenvalue weighted by Gasteiger charge is 2.15. The molecule has 0 spiro atoms. The third-order valence-electron chi connectivity index (χ3n) is 2.78. The number of rotatable bonds is 7. The molecule has 0 aliphatic carbocycles. The number of hydrogen-bond donors (Lipinski definition) is 1. The highest BCUT2D eigenvalue weighted by atomic mass is 32.2. The molecule has 1 heterocycles. The van der Waals surface area contributed by atoms with Crippen molar-refractivity contribution < 1.29 is 13.2 Å². The van der Waals surface area contributed by atoms with Crippen molar-refractivity contribution in [2.24, 2.45) is 5.73 Å². The summed E-state index contributed by atoms with van der Waals surface area (Å²) in [6, 6.07) is 10.9. The Morgan fingerprint density at radius 3 is 2.50 bits per heavy atom. The SMILES string of the molecule is NCCc1ccc(OCCS(=O)(=O)c2cccs2)cc1. The molecule has 2 aromatic rings. The van der Waals surface area contributed by atoms with Gasteiger partial charge in [-0.3, -0.25) is 0 Å². The van der Waals surface area contributed by atoms with Crippen molar-refractivity contribution in [1.82, 2.24) is 0 Å². The molecule has 108 valence electrons. The van der Waals surface area contributed by atoms with Crippen molar-refractivity contribution in [1.29, 1.82) is 0 Å². The van der Waals surface area contributed by atoms with Crippen molar-refractivity contribution in [2.45, 2.75) is 10.6 Å². The van der Waals surface area contributed by atoms with Gasteiger partial charge in [-0.15, -0.1) is 11.3 Å². The van der Waals surface area contributed by atoms with Gasteiger partial charge in [0.05, 0.1) is 5.75 Å². The molecule has 0 unspecified atom stereocenters. The fourth-order valence-electron chi connectivity index (χ4n) is 1.73. The third kappa shape index (κ3) is 4.06. The second kappa shape index (κ2) is 6.88. The van der Waals surface area contributed by atoms with Crippen LogP contribution in [-0.4, -0.2) is 27.3 Å². The van der Waals surface area contributed by atoms with Crippen LogP contribution in [0.5, 0.6) is 5.75 Å². The van der Waals surface area contributed by atoms with Crippen LogP contribution in [0.1, 0.15) is 5.56 Å². The lowest BCUT2D eigenvalue weighted by Crippen LogP contribution is -2.13. The van der Waals surface area contributed by atoms with Gasteiger partial charge in [-0.25, -0.2) is 8.42 Å². The van der Waals surface area contributed by atoms with E-state index in [0.29, 0.717) is 16.5 Å². The summed E-state index contributed by atoms with van der Waals surface area (Å²) in [5.41, 5.74) is 6.62. The summed E-state index contributed by atoms with van der Waals surface area (Å²) in [6.07, 6.45) is 0.826. The Labute approximate surface area is 123 Å². The minimum atomic E-state index is -3.23. The molecule has 4 nitrogen and oxygen atoms in total. The number of thiophene rings is 1. The summed E-state index contributed by atoms with van der Waals surface area (Å²) in [6.45, 7) is 0.760. The first-order chi connectivity index (χ1) is 9.62. The molecule has 0 saturated heterocycles. The molecule has 0 aliphatic heterocycles. The zero-order valence-corrected chi connectivity index (χ0v) is 12.6. The summed E-state index contributed by atoms with van der Waals surface area (Å²) >= 11 is 1.23. The molecule has 1 aromatic heterocycles. The number of nitrogens with two attached hydrogens (primary N) is 1. The maximum Gasteiger partial charge on any atom is 0.191 e. The molecule has 0 amide bonds. The smallest absolute Gasteiger partial charge is 0.191 e. The topological polar surface area (TPSA) is 69.4 Å². The molecular weight excluding hydrogens is 294 g/mol. The van der Waals surface area contributed by atoms with Crippen molar-refractivity contribution in [3.63, 3.8) is 0 Å². The molecule has 1 aromatic carbocycles. The molecule has 6 heteroatoms. The second-order valence-corrected chi connectivity index (χ2v) is 7.57. The van der Waals surface area contributed by atoms with Gasteiger partial charge in [0.15, 0.2) is 9.84 Å². The van der Waals surface area contributed by atoms with Crippen molar-refractivity contribution in [3.05, 3.63) is 47.3 Å². The quantitative estimate of drug-likeness (QED) is 0.850. The average molecular weight is 311 g/mol. The van der Waals surface area contributed by atoms with Crippen LogP contribution >= 0.6 is 11.3 Å². The summed E-state index contributed by atoms with van der Waals surface area (Å²) in [5, 5.41) is 1.75. The van der Waals surface area contributed by atoms with Crippen LogP contribution in [0.4, 0.5) is 0 Å². The summed E-state index contributed by atoms with van der Waals surface area (Å²) in [7, 11) is -3.23. The third-order valence-corrected chi connectivity index (χ3v) is 5.94. The summed E-state index contributed by atoms with van der Waals surface area (Å²) in [5.74, 6) is 0.657. The van der Waals surface area contributed by atoms with Crippen LogP contribution in [0, 0.1) is 0 Å². The van der Waals surface area contributed by atoms with Crippen LogP contribution < -0.4 is 10.5 Å². The Balaban J connectivity index is 1.87. The minimum Gasteiger partial charge on any atom is -0.493 e. The van der Waals surface area contributed by atoms with E-state index in [0.717, 1.165) is 12.0 Å². The molecule has 0 fully saturated rings. The van der Waals surface area contributed by atoms with Gasteiger partial charge in [-0.05, 0) is 42.1 Å². The van der Waals surface area contributed by atoms with Gasteiger partial charge in [0.1, 0.15) is 16.6 Å². The predicted octanol–water partition coefficient (Wildman–Crippen LogP) is 2.10. The Morgan fingerprint density at radius 1 is 1.15 bits per heavy atom. The van der Waals surface area contributed by atoms with E-state index in [-0.39, 0.29) is 12.4 Å². The molecule has 0 saturated carbocycles. The van der Waals surface area contributed by atoms with Crippen LogP contribution in [0.25, 0.3) is 0 Å². The van der Waals surface area contributed by atoms with E-state index in [9.17, 15) is 8.42 Å². The summed E-state index contributed by atoms with van der Waals surface area (Å²) < 4.78 is 29.7. The highest BCUT2D eigenvalue weighted by Crippen LogP contribution is 2.18. The minimum absolute atomic E-state index is 0.0158. The van der Waals surface area contributed by atoms with E-state index in [1.54, 1.807) is 17.5 Å². The van der Waals surface area contributed by atoms with Gasteiger partial charge in [-0.2, -0.15) is 0 Å². The van der Waals surface area contributed by atoms with Crippen LogP contribution in [0.3, 0.4) is 0 Å². The Kier molecular flexibility index (Phi) is 5.17. The zero-order chi connectivity index (χ0) is 14.4. The van der Waals surface area contributed by atoms with Crippen LogP contribution in [0.2, 0.25) is 0 Å². The van der Waals surface area contributed by atoms with E-state index < -0.39 is 9.84 Å².